The topological polar surface area (TPSA) is 61.3 Å². The molecule has 0 atom stereocenters. The van der Waals surface area contributed by atoms with Crippen LogP contribution in [0.4, 0.5) is 19.0 Å². The Morgan fingerprint density at radius 1 is 1.17 bits per heavy atom. The monoisotopic (exact) mass is 459 g/mol. The van der Waals surface area contributed by atoms with Crippen molar-refractivity contribution in [1.82, 2.24) is 15.6 Å². The summed E-state index contributed by atoms with van der Waals surface area (Å²) in [6, 6.07) is 2.28. The maximum atomic E-state index is 12.8. The van der Waals surface area contributed by atoms with E-state index in [1.54, 1.807) is 7.05 Å². The van der Waals surface area contributed by atoms with Gasteiger partial charge < -0.3 is 16.0 Å². The predicted octanol–water partition coefficient (Wildman–Crippen LogP) is 3.49. The lowest BCUT2D eigenvalue weighted by atomic mass is 10.2. The molecule has 1 heterocycles. The summed E-state index contributed by atoms with van der Waals surface area (Å²) in [5.74, 6) is 0.479. The fourth-order valence-corrected chi connectivity index (χ4v) is 1.94. The molecule has 0 fully saturated rings. The molecule has 0 aliphatic carbocycles. The SMILES string of the molecule is CCCCCNC(=NC)NCCNc1ncccc1C(F)(F)F.I. The number of halogens is 4. The molecule has 0 aliphatic heterocycles. The van der Waals surface area contributed by atoms with E-state index in [0.29, 0.717) is 19.0 Å². The Morgan fingerprint density at radius 2 is 1.88 bits per heavy atom. The lowest BCUT2D eigenvalue weighted by Gasteiger charge is -2.15. The van der Waals surface area contributed by atoms with E-state index in [9.17, 15) is 13.2 Å². The zero-order chi connectivity index (χ0) is 17.1. The second-order valence-corrected chi connectivity index (χ2v) is 4.96. The van der Waals surface area contributed by atoms with Gasteiger partial charge in [0, 0.05) is 32.9 Å². The molecule has 9 heteroatoms. The van der Waals surface area contributed by atoms with Gasteiger partial charge in [0.2, 0.25) is 0 Å². The van der Waals surface area contributed by atoms with E-state index in [2.05, 4.69) is 32.9 Å². The quantitative estimate of drug-likeness (QED) is 0.241. The normalized spacial score (nSPS) is 11.6. The summed E-state index contributed by atoms with van der Waals surface area (Å²) in [4.78, 5) is 7.81. The summed E-state index contributed by atoms with van der Waals surface area (Å²) in [6.45, 7) is 3.68. The maximum absolute atomic E-state index is 12.8. The van der Waals surface area contributed by atoms with Crippen LogP contribution in [0.25, 0.3) is 0 Å². The standard InChI is InChI=1S/C15H24F3N5.HI/c1-3-4-5-8-22-14(19-2)23-11-10-21-13-12(15(16,17)18)7-6-9-20-13;/h6-7,9H,3-5,8,10-11H2,1-2H3,(H,20,21)(H2,19,22,23);1H. The Kier molecular flexibility index (Phi) is 11.5. The minimum Gasteiger partial charge on any atom is -0.368 e. The van der Waals surface area contributed by atoms with Crippen LogP contribution in [-0.2, 0) is 6.18 Å². The van der Waals surface area contributed by atoms with Crippen molar-refractivity contribution in [3.8, 4) is 0 Å². The van der Waals surface area contributed by atoms with Gasteiger partial charge in [0.1, 0.15) is 5.82 Å². The van der Waals surface area contributed by atoms with Crippen molar-refractivity contribution in [2.75, 3.05) is 32.0 Å². The van der Waals surface area contributed by atoms with E-state index < -0.39 is 11.7 Å². The Morgan fingerprint density at radius 3 is 2.50 bits per heavy atom. The smallest absolute Gasteiger partial charge is 0.368 e. The highest BCUT2D eigenvalue weighted by Gasteiger charge is 2.33. The van der Waals surface area contributed by atoms with Crippen molar-refractivity contribution in [2.24, 2.45) is 4.99 Å². The predicted molar refractivity (Wildman–Crippen MR) is 102 cm³/mol. The van der Waals surface area contributed by atoms with Gasteiger partial charge in [-0.2, -0.15) is 13.2 Å². The molecule has 0 amide bonds. The third-order valence-corrected chi connectivity index (χ3v) is 3.12. The molecule has 0 bridgehead atoms. The molecular formula is C15H25F3IN5. The maximum Gasteiger partial charge on any atom is 0.419 e. The summed E-state index contributed by atoms with van der Waals surface area (Å²) >= 11 is 0. The third kappa shape index (κ3) is 8.55. The van der Waals surface area contributed by atoms with Gasteiger partial charge in [-0.3, -0.25) is 4.99 Å². The molecular weight excluding hydrogens is 434 g/mol. The van der Waals surface area contributed by atoms with Crippen LogP contribution >= 0.6 is 24.0 Å². The summed E-state index contributed by atoms with van der Waals surface area (Å²) in [5, 5.41) is 8.90. The van der Waals surface area contributed by atoms with Crippen LogP contribution in [0, 0.1) is 0 Å². The molecule has 0 aliphatic rings. The highest BCUT2D eigenvalue weighted by Crippen LogP contribution is 2.33. The summed E-state index contributed by atoms with van der Waals surface area (Å²) < 4.78 is 38.5. The number of hydrogen-bond acceptors (Lipinski definition) is 3. The molecule has 1 aromatic rings. The molecule has 0 radical (unpaired) electrons. The first-order valence-corrected chi connectivity index (χ1v) is 7.69. The first-order chi connectivity index (χ1) is 11.0. The number of guanidine groups is 1. The molecule has 0 saturated heterocycles. The number of alkyl halides is 3. The Labute approximate surface area is 157 Å². The summed E-state index contributed by atoms with van der Waals surface area (Å²) in [7, 11) is 1.66. The van der Waals surface area contributed by atoms with Crippen LogP contribution in [0.2, 0.25) is 0 Å². The van der Waals surface area contributed by atoms with E-state index in [0.717, 1.165) is 31.9 Å². The van der Waals surface area contributed by atoms with Crippen LogP contribution < -0.4 is 16.0 Å². The second-order valence-electron chi connectivity index (χ2n) is 4.96. The molecule has 1 aromatic heterocycles. The van der Waals surface area contributed by atoms with E-state index in [1.165, 1.54) is 12.3 Å². The minimum absolute atomic E-state index is 0. The number of rotatable bonds is 8. The first kappa shape index (κ1) is 22.7. The molecule has 24 heavy (non-hydrogen) atoms. The molecule has 0 aromatic carbocycles. The second kappa shape index (κ2) is 12.2. The number of anilines is 1. The number of hydrogen-bond donors (Lipinski definition) is 3. The van der Waals surface area contributed by atoms with Crippen molar-refractivity contribution in [1.29, 1.82) is 0 Å². The van der Waals surface area contributed by atoms with Gasteiger partial charge in [-0.1, -0.05) is 19.8 Å². The number of aliphatic imine (C=N–C) groups is 1. The van der Waals surface area contributed by atoms with Gasteiger partial charge >= 0.3 is 6.18 Å². The van der Waals surface area contributed by atoms with Gasteiger partial charge in [-0.05, 0) is 18.6 Å². The van der Waals surface area contributed by atoms with E-state index >= 15 is 0 Å². The van der Waals surface area contributed by atoms with Gasteiger partial charge in [0.05, 0.1) is 5.56 Å². The van der Waals surface area contributed by atoms with Gasteiger partial charge in [-0.25, -0.2) is 4.98 Å². The van der Waals surface area contributed by atoms with Gasteiger partial charge in [0.25, 0.3) is 0 Å². The van der Waals surface area contributed by atoms with E-state index in [-0.39, 0.29) is 29.8 Å². The minimum atomic E-state index is -4.42. The summed E-state index contributed by atoms with van der Waals surface area (Å²) in [5.41, 5.74) is -0.762. The number of unbranched alkanes of at least 4 members (excludes halogenated alkanes) is 2. The number of aromatic nitrogens is 1. The molecule has 0 unspecified atom stereocenters. The zero-order valence-electron chi connectivity index (χ0n) is 13.9. The molecule has 3 N–H and O–H groups in total. The highest BCUT2D eigenvalue weighted by molar-refractivity contribution is 14.0. The van der Waals surface area contributed by atoms with Crippen LogP contribution in [0.5, 0.6) is 0 Å². The summed E-state index contributed by atoms with van der Waals surface area (Å²) in [6.07, 6.45) is 0.257. The number of nitrogens with zero attached hydrogens (tertiary/aromatic N) is 2. The zero-order valence-corrected chi connectivity index (χ0v) is 16.2. The average molecular weight is 459 g/mol. The fourth-order valence-electron chi connectivity index (χ4n) is 1.94. The van der Waals surface area contributed by atoms with Gasteiger partial charge in [0.15, 0.2) is 5.96 Å². The number of nitrogens with one attached hydrogen (secondary N) is 3. The molecule has 138 valence electrons. The fraction of sp³-hybridized carbons (Fsp3) is 0.600. The molecule has 1 rings (SSSR count). The van der Waals surface area contributed by atoms with Crippen LogP contribution in [0.15, 0.2) is 23.3 Å². The van der Waals surface area contributed by atoms with Crippen LogP contribution in [0.1, 0.15) is 31.7 Å². The Balaban J connectivity index is 0.00000529. The number of pyridine rings is 1. The van der Waals surface area contributed by atoms with Crippen LogP contribution in [-0.4, -0.2) is 37.6 Å². The van der Waals surface area contributed by atoms with Crippen molar-refractivity contribution < 1.29 is 13.2 Å². The van der Waals surface area contributed by atoms with Crippen LogP contribution in [0.3, 0.4) is 0 Å². The van der Waals surface area contributed by atoms with Crippen molar-refractivity contribution in [3.05, 3.63) is 23.9 Å². The lowest BCUT2D eigenvalue weighted by molar-refractivity contribution is -0.137. The van der Waals surface area contributed by atoms with Crippen molar-refractivity contribution in [2.45, 2.75) is 32.4 Å². The molecule has 0 saturated carbocycles. The largest absolute Gasteiger partial charge is 0.419 e. The average Bonchev–Trinajstić information content (AvgIpc) is 2.53. The highest BCUT2D eigenvalue weighted by atomic mass is 127. The van der Waals surface area contributed by atoms with E-state index in [1.807, 2.05) is 0 Å². The van der Waals surface area contributed by atoms with Crippen molar-refractivity contribution >= 4 is 35.8 Å². The molecule has 0 spiro atoms. The lowest BCUT2D eigenvalue weighted by Crippen LogP contribution is -2.40. The Hall–Kier alpha value is -1.26. The third-order valence-electron chi connectivity index (χ3n) is 3.12. The molecule has 5 nitrogen and oxygen atoms in total. The Bertz CT molecular complexity index is 494. The first-order valence-electron chi connectivity index (χ1n) is 7.69. The van der Waals surface area contributed by atoms with Gasteiger partial charge in [-0.15, -0.1) is 24.0 Å². The van der Waals surface area contributed by atoms with E-state index in [4.69, 9.17) is 0 Å². The van der Waals surface area contributed by atoms with Crippen molar-refractivity contribution in [3.63, 3.8) is 0 Å².